The standard InChI is InChI=1S/C11H15N3O5/c15-8(16)4-2-1-3-5-12-6-7-9(17)13-11(19)14-10(7)18/h6-7H,1-5H2,(H,15,16)(H2,13,14,17,18,19). The van der Waals surface area contributed by atoms with E-state index in [1.165, 1.54) is 6.21 Å². The number of amides is 4. The molecular formula is C11H15N3O5. The van der Waals surface area contributed by atoms with Crippen molar-refractivity contribution >= 4 is 30.0 Å². The molecule has 0 unspecified atom stereocenters. The molecule has 0 bridgehead atoms. The number of urea groups is 1. The summed E-state index contributed by atoms with van der Waals surface area (Å²) in [5.41, 5.74) is 0. The van der Waals surface area contributed by atoms with Gasteiger partial charge in [-0.2, -0.15) is 0 Å². The normalized spacial score (nSPS) is 16.5. The van der Waals surface area contributed by atoms with Crippen LogP contribution in [0.4, 0.5) is 4.79 Å². The number of carboxylic acids is 1. The van der Waals surface area contributed by atoms with Crippen molar-refractivity contribution in [2.45, 2.75) is 25.7 Å². The van der Waals surface area contributed by atoms with Crippen LogP contribution in [0.25, 0.3) is 0 Å². The lowest BCUT2D eigenvalue weighted by Gasteiger charge is -2.16. The van der Waals surface area contributed by atoms with Gasteiger partial charge < -0.3 is 5.11 Å². The quantitative estimate of drug-likeness (QED) is 0.332. The maximum Gasteiger partial charge on any atom is 0.328 e. The van der Waals surface area contributed by atoms with Crippen LogP contribution in [0.15, 0.2) is 4.99 Å². The van der Waals surface area contributed by atoms with Crippen molar-refractivity contribution in [3.05, 3.63) is 0 Å². The highest BCUT2D eigenvalue weighted by atomic mass is 16.4. The molecule has 19 heavy (non-hydrogen) atoms. The second-order valence-electron chi connectivity index (χ2n) is 4.04. The average Bonchev–Trinajstić information content (AvgIpc) is 2.30. The molecule has 0 spiro atoms. The summed E-state index contributed by atoms with van der Waals surface area (Å²) >= 11 is 0. The van der Waals surface area contributed by atoms with E-state index in [0.717, 1.165) is 0 Å². The molecule has 8 heteroatoms. The molecule has 0 saturated carbocycles. The number of nitrogens with zero attached hydrogens (tertiary/aromatic N) is 1. The zero-order chi connectivity index (χ0) is 14.3. The van der Waals surface area contributed by atoms with Crippen LogP contribution in [-0.2, 0) is 14.4 Å². The first-order valence-corrected chi connectivity index (χ1v) is 5.88. The minimum Gasteiger partial charge on any atom is -0.481 e. The van der Waals surface area contributed by atoms with Crippen LogP contribution in [0.1, 0.15) is 25.7 Å². The summed E-state index contributed by atoms with van der Waals surface area (Å²) in [7, 11) is 0. The van der Waals surface area contributed by atoms with Gasteiger partial charge in [-0.1, -0.05) is 6.42 Å². The minimum atomic E-state index is -1.09. The molecule has 1 fully saturated rings. The number of rotatable bonds is 7. The molecule has 0 radical (unpaired) electrons. The Morgan fingerprint density at radius 1 is 1.16 bits per heavy atom. The van der Waals surface area contributed by atoms with Gasteiger partial charge in [-0.05, 0) is 12.8 Å². The van der Waals surface area contributed by atoms with E-state index in [9.17, 15) is 19.2 Å². The first-order valence-electron chi connectivity index (χ1n) is 5.88. The predicted octanol–water partition coefficient (Wildman–Crippen LogP) is -0.316. The van der Waals surface area contributed by atoms with Crippen LogP contribution < -0.4 is 10.6 Å². The summed E-state index contributed by atoms with van der Waals surface area (Å²) in [6, 6.07) is -0.826. The highest BCUT2D eigenvalue weighted by molar-refractivity contribution is 6.23. The maximum atomic E-state index is 11.3. The highest BCUT2D eigenvalue weighted by Crippen LogP contribution is 2.02. The largest absolute Gasteiger partial charge is 0.481 e. The van der Waals surface area contributed by atoms with Crippen LogP contribution in [0.5, 0.6) is 0 Å². The summed E-state index contributed by atoms with van der Waals surface area (Å²) in [6.07, 6.45) is 3.29. The fourth-order valence-corrected chi connectivity index (χ4v) is 1.50. The molecular weight excluding hydrogens is 254 g/mol. The van der Waals surface area contributed by atoms with E-state index >= 15 is 0 Å². The number of carbonyl (C=O) groups is 4. The number of aliphatic carboxylic acids is 1. The number of unbranched alkanes of at least 4 members (excludes halogenated alkanes) is 2. The highest BCUT2D eigenvalue weighted by Gasteiger charge is 2.32. The smallest absolute Gasteiger partial charge is 0.328 e. The van der Waals surface area contributed by atoms with Gasteiger partial charge in [0.15, 0.2) is 5.92 Å². The molecule has 3 N–H and O–H groups in total. The molecule has 0 aromatic carbocycles. The van der Waals surface area contributed by atoms with Crippen molar-refractivity contribution < 1.29 is 24.3 Å². The van der Waals surface area contributed by atoms with Gasteiger partial charge in [0.05, 0.1) is 0 Å². The van der Waals surface area contributed by atoms with E-state index in [0.29, 0.717) is 25.8 Å². The number of hydrogen-bond donors (Lipinski definition) is 3. The molecule has 8 nitrogen and oxygen atoms in total. The molecule has 1 rings (SSSR count). The van der Waals surface area contributed by atoms with Crippen molar-refractivity contribution in [3.63, 3.8) is 0 Å². The number of carbonyl (C=O) groups excluding carboxylic acids is 3. The number of aliphatic imine (C=N–C) groups is 1. The molecule has 1 saturated heterocycles. The third-order valence-electron chi connectivity index (χ3n) is 2.47. The van der Waals surface area contributed by atoms with E-state index in [-0.39, 0.29) is 6.42 Å². The Balaban J connectivity index is 2.24. The Labute approximate surface area is 109 Å². The van der Waals surface area contributed by atoms with Crippen molar-refractivity contribution in [3.8, 4) is 0 Å². The summed E-state index contributed by atoms with van der Waals surface area (Å²) in [5, 5.41) is 12.4. The molecule has 4 amide bonds. The average molecular weight is 269 g/mol. The van der Waals surface area contributed by atoms with E-state index in [2.05, 4.69) is 4.99 Å². The number of carboxylic acid groups (broad SMARTS) is 1. The van der Waals surface area contributed by atoms with E-state index in [1.54, 1.807) is 0 Å². The summed E-state index contributed by atoms with van der Waals surface area (Å²) in [6.45, 7) is 0.407. The van der Waals surface area contributed by atoms with Crippen LogP contribution in [-0.4, -0.2) is 41.7 Å². The van der Waals surface area contributed by atoms with Gasteiger partial charge in [0.2, 0.25) is 11.8 Å². The number of hydrogen-bond acceptors (Lipinski definition) is 5. The van der Waals surface area contributed by atoms with Crippen molar-refractivity contribution in [2.75, 3.05) is 6.54 Å². The minimum absolute atomic E-state index is 0.124. The first kappa shape index (κ1) is 14.8. The summed E-state index contributed by atoms with van der Waals surface area (Å²) in [5.74, 6) is -3.30. The fourth-order valence-electron chi connectivity index (χ4n) is 1.50. The Morgan fingerprint density at radius 2 is 1.79 bits per heavy atom. The number of nitrogens with one attached hydrogen (secondary N) is 2. The van der Waals surface area contributed by atoms with Gasteiger partial charge >= 0.3 is 12.0 Å². The third kappa shape index (κ3) is 5.28. The SMILES string of the molecule is O=C(O)CCCCCN=CC1C(=O)NC(=O)NC1=O. The van der Waals surface area contributed by atoms with Gasteiger partial charge in [0, 0.05) is 19.2 Å². The third-order valence-corrected chi connectivity index (χ3v) is 2.47. The van der Waals surface area contributed by atoms with Gasteiger partial charge in [-0.25, -0.2) is 4.79 Å². The maximum absolute atomic E-state index is 11.3. The molecule has 1 aliphatic heterocycles. The lowest BCUT2D eigenvalue weighted by atomic mass is 10.1. The zero-order valence-corrected chi connectivity index (χ0v) is 10.2. The van der Waals surface area contributed by atoms with Gasteiger partial charge in [0.1, 0.15) is 0 Å². The van der Waals surface area contributed by atoms with Crippen molar-refractivity contribution in [2.24, 2.45) is 10.9 Å². The Bertz CT molecular complexity index is 399. The number of imide groups is 2. The van der Waals surface area contributed by atoms with Gasteiger partial charge in [-0.15, -0.1) is 0 Å². The Hall–Kier alpha value is -2.25. The topological polar surface area (TPSA) is 125 Å². The Kier molecular flexibility index (Phi) is 5.65. The molecule has 0 aromatic rings. The second kappa shape index (κ2) is 7.24. The molecule has 0 aliphatic carbocycles. The van der Waals surface area contributed by atoms with Crippen LogP contribution in [0.3, 0.4) is 0 Å². The van der Waals surface area contributed by atoms with Crippen molar-refractivity contribution in [1.29, 1.82) is 0 Å². The van der Waals surface area contributed by atoms with E-state index in [1.807, 2.05) is 10.6 Å². The van der Waals surface area contributed by atoms with Gasteiger partial charge in [0.25, 0.3) is 0 Å². The van der Waals surface area contributed by atoms with Crippen molar-refractivity contribution in [1.82, 2.24) is 10.6 Å². The van der Waals surface area contributed by atoms with Crippen LogP contribution in [0.2, 0.25) is 0 Å². The molecule has 104 valence electrons. The molecule has 0 aromatic heterocycles. The monoisotopic (exact) mass is 269 g/mol. The zero-order valence-electron chi connectivity index (χ0n) is 10.2. The lowest BCUT2D eigenvalue weighted by Crippen LogP contribution is -2.56. The molecule has 1 heterocycles. The fraction of sp³-hybridized carbons (Fsp3) is 0.545. The van der Waals surface area contributed by atoms with Crippen LogP contribution >= 0.6 is 0 Å². The van der Waals surface area contributed by atoms with E-state index < -0.39 is 29.7 Å². The second-order valence-corrected chi connectivity index (χ2v) is 4.04. The summed E-state index contributed by atoms with van der Waals surface area (Å²) < 4.78 is 0. The predicted molar refractivity (Wildman–Crippen MR) is 64.6 cm³/mol. The molecule has 0 atom stereocenters. The lowest BCUT2D eigenvalue weighted by molar-refractivity contribution is -0.137. The first-order chi connectivity index (χ1) is 9.00. The van der Waals surface area contributed by atoms with Gasteiger partial charge in [-0.3, -0.25) is 30.0 Å². The number of barbiturate groups is 1. The van der Waals surface area contributed by atoms with E-state index in [4.69, 9.17) is 5.11 Å². The molecule has 1 aliphatic rings. The van der Waals surface area contributed by atoms with Crippen LogP contribution in [0, 0.1) is 5.92 Å². The summed E-state index contributed by atoms with van der Waals surface area (Å²) in [4.78, 5) is 47.6. The Morgan fingerprint density at radius 3 is 2.37 bits per heavy atom.